The molecule has 1 aromatic carbocycles. The first-order valence-electron chi connectivity index (χ1n) is 3.64. The summed E-state index contributed by atoms with van der Waals surface area (Å²) in [4.78, 5) is 10.4. The number of amidine groups is 1. The van der Waals surface area contributed by atoms with Gasteiger partial charge in [-0.3, -0.25) is 0 Å². The monoisotopic (exact) mass is 179 g/mol. The van der Waals surface area contributed by atoms with Crippen LogP contribution in [0, 0.1) is 4.91 Å². The van der Waals surface area contributed by atoms with Gasteiger partial charge < -0.3 is 10.9 Å². The molecule has 5 nitrogen and oxygen atoms in total. The molecular weight excluding hydrogens is 170 g/mol. The minimum absolute atomic E-state index is 0.207. The third-order valence-corrected chi connectivity index (χ3v) is 1.62. The van der Waals surface area contributed by atoms with Gasteiger partial charge in [-0.25, -0.2) is 0 Å². The van der Waals surface area contributed by atoms with Crippen LogP contribution in [-0.2, 0) is 0 Å². The highest BCUT2D eigenvalue weighted by Gasteiger charge is 2.16. The van der Waals surface area contributed by atoms with Crippen LogP contribution in [0.2, 0.25) is 0 Å². The number of rotatable bonds is 3. The number of benzene rings is 1. The highest BCUT2D eigenvalue weighted by molar-refractivity contribution is 5.86. The average Bonchev–Trinajstić information content (AvgIpc) is 2.20. The van der Waals surface area contributed by atoms with Gasteiger partial charge in [0, 0.05) is 0 Å². The van der Waals surface area contributed by atoms with Crippen LogP contribution in [0.5, 0.6) is 0 Å². The minimum Gasteiger partial charge on any atom is -0.409 e. The standard InChI is InChI=1S/C8H9N3O2/c9-8(11-13)7(10-12)6-4-2-1-3-5-6/h1-5,7,13H,(H2,9,11). The van der Waals surface area contributed by atoms with E-state index in [1.54, 1.807) is 30.3 Å². The highest BCUT2D eigenvalue weighted by Crippen LogP contribution is 2.16. The van der Waals surface area contributed by atoms with E-state index < -0.39 is 6.04 Å². The van der Waals surface area contributed by atoms with E-state index in [1.165, 1.54) is 0 Å². The van der Waals surface area contributed by atoms with E-state index in [4.69, 9.17) is 10.9 Å². The molecule has 3 N–H and O–H groups in total. The maximum absolute atomic E-state index is 10.4. The van der Waals surface area contributed by atoms with E-state index >= 15 is 0 Å². The van der Waals surface area contributed by atoms with Crippen molar-refractivity contribution < 1.29 is 5.21 Å². The van der Waals surface area contributed by atoms with E-state index in [2.05, 4.69) is 10.3 Å². The Morgan fingerprint density at radius 2 is 2.00 bits per heavy atom. The molecule has 0 radical (unpaired) electrons. The molecule has 0 aliphatic carbocycles. The fourth-order valence-corrected chi connectivity index (χ4v) is 0.976. The zero-order valence-electron chi connectivity index (χ0n) is 6.79. The van der Waals surface area contributed by atoms with Crippen molar-refractivity contribution in [2.45, 2.75) is 6.04 Å². The van der Waals surface area contributed by atoms with Gasteiger partial charge in [-0.2, -0.15) is 0 Å². The van der Waals surface area contributed by atoms with E-state index in [0.29, 0.717) is 5.56 Å². The number of hydrogen-bond donors (Lipinski definition) is 2. The van der Waals surface area contributed by atoms with Crippen LogP contribution in [0.25, 0.3) is 0 Å². The Balaban J connectivity index is 2.98. The lowest BCUT2D eigenvalue weighted by atomic mass is 10.1. The molecule has 0 saturated carbocycles. The molecule has 0 fully saturated rings. The van der Waals surface area contributed by atoms with E-state index in [9.17, 15) is 4.91 Å². The molecule has 1 aromatic rings. The third kappa shape index (κ3) is 2.02. The largest absolute Gasteiger partial charge is 0.409 e. The van der Waals surface area contributed by atoms with Crippen LogP contribution in [0.1, 0.15) is 11.6 Å². The minimum atomic E-state index is -0.911. The zero-order valence-corrected chi connectivity index (χ0v) is 6.79. The van der Waals surface area contributed by atoms with Crippen LogP contribution in [0.3, 0.4) is 0 Å². The summed E-state index contributed by atoms with van der Waals surface area (Å²) in [6.07, 6.45) is 0. The molecule has 0 bridgehead atoms. The van der Waals surface area contributed by atoms with E-state index in [-0.39, 0.29) is 5.84 Å². The second kappa shape index (κ2) is 4.20. The molecule has 1 unspecified atom stereocenters. The topological polar surface area (TPSA) is 88.0 Å². The van der Waals surface area contributed by atoms with Gasteiger partial charge >= 0.3 is 0 Å². The van der Waals surface area contributed by atoms with Crippen molar-refractivity contribution in [3.63, 3.8) is 0 Å². The Morgan fingerprint density at radius 1 is 1.38 bits per heavy atom. The van der Waals surface area contributed by atoms with Crippen LogP contribution in [0.4, 0.5) is 0 Å². The van der Waals surface area contributed by atoms with Crippen molar-refractivity contribution in [2.24, 2.45) is 16.1 Å². The second-order valence-corrected chi connectivity index (χ2v) is 2.44. The van der Waals surface area contributed by atoms with Gasteiger partial charge in [-0.05, 0) is 5.56 Å². The smallest absolute Gasteiger partial charge is 0.177 e. The van der Waals surface area contributed by atoms with Gasteiger partial charge in [-0.15, -0.1) is 4.91 Å². The average molecular weight is 179 g/mol. The summed E-state index contributed by atoms with van der Waals surface area (Å²) in [5.74, 6) is -0.207. The Hall–Kier alpha value is -1.91. The predicted molar refractivity (Wildman–Crippen MR) is 48.4 cm³/mol. The lowest BCUT2D eigenvalue weighted by Gasteiger charge is -2.05. The summed E-state index contributed by atoms with van der Waals surface area (Å²) in [5.41, 5.74) is 5.87. The molecule has 0 saturated heterocycles. The number of nitroso groups, excluding NO2 is 1. The van der Waals surface area contributed by atoms with Crippen molar-refractivity contribution in [1.82, 2.24) is 0 Å². The maximum Gasteiger partial charge on any atom is 0.177 e. The van der Waals surface area contributed by atoms with Gasteiger partial charge in [0.15, 0.2) is 11.9 Å². The first-order chi connectivity index (χ1) is 6.29. The second-order valence-electron chi connectivity index (χ2n) is 2.44. The molecule has 5 heteroatoms. The zero-order chi connectivity index (χ0) is 9.68. The van der Waals surface area contributed by atoms with Crippen LogP contribution >= 0.6 is 0 Å². The fourth-order valence-electron chi connectivity index (χ4n) is 0.976. The van der Waals surface area contributed by atoms with Gasteiger partial charge in [0.05, 0.1) is 0 Å². The normalized spacial score (nSPS) is 13.7. The molecule has 0 aliphatic heterocycles. The number of nitrogens with zero attached hydrogens (tertiary/aromatic N) is 2. The number of oxime groups is 1. The van der Waals surface area contributed by atoms with Crippen molar-refractivity contribution in [1.29, 1.82) is 0 Å². The molecule has 1 rings (SSSR count). The Bertz CT molecular complexity index is 310. The van der Waals surface area contributed by atoms with Crippen molar-refractivity contribution in [3.05, 3.63) is 40.8 Å². The summed E-state index contributed by atoms with van der Waals surface area (Å²) >= 11 is 0. The van der Waals surface area contributed by atoms with Gasteiger partial charge in [0.2, 0.25) is 0 Å². The molecule has 0 heterocycles. The summed E-state index contributed by atoms with van der Waals surface area (Å²) in [7, 11) is 0. The Morgan fingerprint density at radius 3 is 2.46 bits per heavy atom. The quantitative estimate of drug-likeness (QED) is 0.240. The lowest BCUT2D eigenvalue weighted by molar-refractivity contribution is 0.316. The molecular formula is C8H9N3O2. The summed E-state index contributed by atoms with van der Waals surface area (Å²) in [5, 5.41) is 13.9. The molecule has 0 aromatic heterocycles. The van der Waals surface area contributed by atoms with Crippen LogP contribution in [0.15, 0.2) is 40.7 Å². The summed E-state index contributed by atoms with van der Waals surface area (Å²) in [6, 6.07) is 7.76. The van der Waals surface area contributed by atoms with E-state index in [0.717, 1.165) is 0 Å². The summed E-state index contributed by atoms with van der Waals surface area (Å²) in [6.45, 7) is 0. The Kier molecular flexibility index (Phi) is 2.97. The highest BCUT2D eigenvalue weighted by atomic mass is 16.4. The predicted octanol–water partition coefficient (Wildman–Crippen LogP) is 1.24. The van der Waals surface area contributed by atoms with Crippen molar-refractivity contribution >= 4 is 5.84 Å². The molecule has 0 spiro atoms. The lowest BCUT2D eigenvalue weighted by Crippen LogP contribution is -2.20. The molecule has 0 amide bonds. The molecule has 0 aliphatic rings. The molecule has 1 atom stereocenters. The molecule has 68 valence electrons. The van der Waals surface area contributed by atoms with Gasteiger partial charge in [0.25, 0.3) is 0 Å². The first kappa shape index (κ1) is 9.18. The Labute approximate surface area is 74.8 Å². The molecule has 13 heavy (non-hydrogen) atoms. The van der Waals surface area contributed by atoms with Crippen molar-refractivity contribution in [2.75, 3.05) is 0 Å². The van der Waals surface area contributed by atoms with Gasteiger partial charge in [0.1, 0.15) is 0 Å². The van der Waals surface area contributed by atoms with Gasteiger partial charge in [-0.1, -0.05) is 40.7 Å². The fraction of sp³-hybridized carbons (Fsp3) is 0.125. The van der Waals surface area contributed by atoms with Crippen molar-refractivity contribution in [3.8, 4) is 0 Å². The number of nitrogens with two attached hydrogens (primary N) is 1. The third-order valence-electron chi connectivity index (χ3n) is 1.62. The number of hydrogen-bond acceptors (Lipinski definition) is 4. The van der Waals surface area contributed by atoms with Crippen LogP contribution < -0.4 is 5.73 Å². The first-order valence-corrected chi connectivity index (χ1v) is 3.64. The maximum atomic E-state index is 10.4. The summed E-state index contributed by atoms with van der Waals surface area (Å²) < 4.78 is 0. The van der Waals surface area contributed by atoms with E-state index in [1.807, 2.05) is 0 Å². The van der Waals surface area contributed by atoms with Crippen LogP contribution in [-0.4, -0.2) is 11.0 Å². The SMILES string of the molecule is NC(=NO)C(N=O)c1ccccc1.